The van der Waals surface area contributed by atoms with Crippen LogP contribution in [-0.2, 0) is 0 Å². The molecule has 1 N–H and O–H groups in total. The van der Waals surface area contributed by atoms with E-state index in [0.29, 0.717) is 5.69 Å². The molecule has 1 saturated heterocycles. The van der Waals surface area contributed by atoms with Crippen LogP contribution in [0.4, 0.5) is 8.78 Å². The minimum atomic E-state index is -0.626. The Morgan fingerprint density at radius 3 is 2.92 bits per heavy atom. The standard InChI is InChI=1S/C9H10F2N2/c10-6-4-7(11)9(13-5-6)8-2-1-3-12-8/h4-5,8,12H,1-3H2/t8-/m1/s1. The largest absolute Gasteiger partial charge is 0.309 e. The molecule has 0 unspecified atom stereocenters. The number of aromatic nitrogens is 1. The first-order chi connectivity index (χ1) is 6.27. The Morgan fingerprint density at radius 2 is 2.31 bits per heavy atom. The van der Waals surface area contributed by atoms with Crippen molar-refractivity contribution in [1.29, 1.82) is 0 Å². The van der Waals surface area contributed by atoms with Crippen LogP contribution in [-0.4, -0.2) is 11.5 Å². The van der Waals surface area contributed by atoms with Crippen LogP contribution in [0.3, 0.4) is 0 Å². The SMILES string of the molecule is Fc1cnc([C@H]2CCCN2)c(F)c1. The van der Waals surface area contributed by atoms with Gasteiger partial charge in [-0.15, -0.1) is 0 Å². The molecular weight excluding hydrogens is 174 g/mol. The summed E-state index contributed by atoms with van der Waals surface area (Å²) in [6.45, 7) is 0.878. The number of nitrogens with one attached hydrogen (secondary N) is 1. The van der Waals surface area contributed by atoms with Crippen molar-refractivity contribution >= 4 is 0 Å². The number of halogens is 2. The smallest absolute Gasteiger partial charge is 0.149 e. The number of hydrogen-bond acceptors (Lipinski definition) is 2. The maximum Gasteiger partial charge on any atom is 0.149 e. The lowest BCUT2D eigenvalue weighted by molar-refractivity contribution is 0.520. The zero-order valence-corrected chi connectivity index (χ0v) is 7.06. The number of pyridine rings is 1. The summed E-state index contributed by atoms with van der Waals surface area (Å²) in [6.07, 6.45) is 2.94. The Labute approximate surface area is 75.0 Å². The summed E-state index contributed by atoms with van der Waals surface area (Å²) in [5.74, 6) is -1.18. The molecule has 1 aromatic rings. The molecule has 2 rings (SSSR count). The van der Waals surface area contributed by atoms with Gasteiger partial charge >= 0.3 is 0 Å². The zero-order valence-electron chi connectivity index (χ0n) is 7.06. The quantitative estimate of drug-likeness (QED) is 0.719. The van der Waals surface area contributed by atoms with Gasteiger partial charge in [-0.2, -0.15) is 0 Å². The summed E-state index contributed by atoms with van der Waals surface area (Å²) < 4.78 is 25.7. The first-order valence-electron chi connectivity index (χ1n) is 4.31. The molecule has 0 bridgehead atoms. The van der Waals surface area contributed by atoms with E-state index < -0.39 is 11.6 Å². The van der Waals surface area contributed by atoms with Crippen molar-refractivity contribution in [1.82, 2.24) is 10.3 Å². The maximum absolute atomic E-state index is 13.2. The highest BCUT2D eigenvalue weighted by molar-refractivity contribution is 5.13. The van der Waals surface area contributed by atoms with Crippen LogP contribution in [0.2, 0.25) is 0 Å². The van der Waals surface area contributed by atoms with Gasteiger partial charge < -0.3 is 5.32 Å². The van der Waals surface area contributed by atoms with E-state index in [1.54, 1.807) is 0 Å². The van der Waals surface area contributed by atoms with Gasteiger partial charge in [0.05, 0.1) is 17.9 Å². The van der Waals surface area contributed by atoms with Crippen molar-refractivity contribution in [2.45, 2.75) is 18.9 Å². The summed E-state index contributed by atoms with van der Waals surface area (Å²) in [6, 6.07) is 0.836. The van der Waals surface area contributed by atoms with Gasteiger partial charge in [-0.3, -0.25) is 4.98 Å². The van der Waals surface area contributed by atoms with Crippen LogP contribution in [0.15, 0.2) is 12.3 Å². The monoisotopic (exact) mass is 184 g/mol. The van der Waals surface area contributed by atoms with Crippen molar-refractivity contribution in [3.63, 3.8) is 0 Å². The zero-order chi connectivity index (χ0) is 9.26. The van der Waals surface area contributed by atoms with Crippen molar-refractivity contribution < 1.29 is 8.78 Å². The lowest BCUT2D eigenvalue weighted by Gasteiger charge is -2.09. The van der Waals surface area contributed by atoms with Crippen LogP contribution in [0.25, 0.3) is 0 Å². The Bertz CT molecular complexity index is 308. The number of nitrogens with zero attached hydrogens (tertiary/aromatic N) is 1. The van der Waals surface area contributed by atoms with Crippen molar-refractivity contribution in [3.8, 4) is 0 Å². The van der Waals surface area contributed by atoms with E-state index in [9.17, 15) is 8.78 Å². The Balaban J connectivity index is 2.29. The fourth-order valence-corrected chi connectivity index (χ4v) is 1.60. The van der Waals surface area contributed by atoms with E-state index in [4.69, 9.17) is 0 Å². The molecule has 0 saturated carbocycles. The molecule has 2 heterocycles. The molecule has 1 aliphatic heterocycles. The Hall–Kier alpha value is -1.03. The number of hydrogen-bond donors (Lipinski definition) is 1. The summed E-state index contributed by atoms with van der Waals surface area (Å²) in [4.78, 5) is 3.75. The summed E-state index contributed by atoms with van der Waals surface area (Å²) in [5.41, 5.74) is 0.332. The lowest BCUT2D eigenvalue weighted by Crippen LogP contribution is -2.15. The predicted molar refractivity (Wildman–Crippen MR) is 44.1 cm³/mol. The van der Waals surface area contributed by atoms with Gasteiger partial charge in [0.2, 0.25) is 0 Å². The second-order valence-electron chi connectivity index (χ2n) is 3.17. The molecule has 0 radical (unpaired) electrons. The fraction of sp³-hybridized carbons (Fsp3) is 0.444. The lowest BCUT2D eigenvalue weighted by atomic mass is 10.1. The minimum Gasteiger partial charge on any atom is -0.309 e. The first kappa shape index (κ1) is 8.56. The highest BCUT2D eigenvalue weighted by Crippen LogP contribution is 2.23. The minimum absolute atomic E-state index is 0.0411. The van der Waals surface area contributed by atoms with E-state index >= 15 is 0 Å². The number of rotatable bonds is 1. The normalized spacial score (nSPS) is 22.2. The van der Waals surface area contributed by atoms with E-state index in [0.717, 1.165) is 31.6 Å². The van der Waals surface area contributed by atoms with E-state index in [-0.39, 0.29) is 6.04 Å². The highest BCUT2D eigenvalue weighted by atomic mass is 19.1. The average molecular weight is 184 g/mol. The molecule has 1 atom stereocenters. The van der Waals surface area contributed by atoms with Crippen LogP contribution in [0, 0.1) is 11.6 Å². The third-order valence-electron chi connectivity index (χ3n) is 2.23. The molecule has 0 aromatic carbocycles. The third-order valence-corrected chi connectivity index (χ3v) is 2.23. The average Bonchev–Trinajstić information content (AvgIpc) is 2.56. The highest BCUT2D eigenvalue weighted by Gasteiger charge is 2.20. The van der Waals surface area contributed by atoms with Gasteiger partial charge in [0.15, 0.2) is 0 Å². The summed E-state index contributed by atoms with van der Waals surface area (Å²) in [7, 11) is 0. The van der Waals surface area contributed by atoms with Gasteiger partial charge in [0.25, 0.3) is 0 Å². The molecule has 1 aliphatic rings. The van der Waals surface area contributed by atoms with Gasteiger partial charge in [-0.05, 0) is 19.4 Å². The summed E-state index contributed by atoms with van der Waals surface area (Å²) in [5, 5.41) is 3.11. The van der Waals surface area contributed by atoms with Gasteiger partial charge in [0.1, 0.15) is 11.6 Å². The van der Waals surface area contributed by atoms with Crippen LogP contribution in [0.1, 0.15) is 24.6 Å². The molecule has 0 spiro atoms. The van der Waals surface area contributed by atoms with Crippen molar-refractivity contribution in [2.75, 3.05) is 6.54 Å². The van der Waals surface area contributed by atoms with Gasteiger partial charge in [-0.1, -0.05) is 0 Å². The second kappa shape index (κ2) is 3.38. The molecule has 0 amide bonds. The van der Waals surface area contributed by atoms with Crippen molar-refractivity contribution in [3.05, 3.63) is 29.6 Å². The van der Waals surface area contributed by atoms with E-state index in [1.165, 1.54) is 0 Å². The fourth-order valence-electron chi connectivity index (χ4n) is 1.60. The second-order valence-corrected chi connectivity index (χ2v) is 3.17. The Morgan fingerprint density at radius 1 is 1.46 bits per heavy atom. The molecule has 13 heavy (non-hydrogen) atoms. The topological polar surface area (TPSA) is 24.9 Å². The van der Waals surface area contributed by atoms with Crippen LogP contribution < -0.4 is 5.32 Å². The Kier molecular flexibility index (Phi) is 2.22. The van der Waals surface area contributed by atoms with Crippen molar-refractivity contribution in [2.24, 2.45) is 0 Å². The molecule has 1 aromatic heterocycles. The van der Waals surface area contributed by atoms with Gasteiger partial charge in [0, 0.05) is 6.07 Å². The van der Waals surface area contributed by atoms with Crippen LogP contribution >= 0.6 is 0 Å². The molecule has 70 valence electrons. The molecule has 2 nitrogen and oxygen atoms in total. The molecule has 4 heteroatoms. The third kappa shape index (κ3) is 1.67. The van der Waals surface area contributed by atoms with Crippen LogP contribution in [0.5, 0.6) is 0 Å². The molecule has 1 fully saturated rings. The molecule has 0 aliphatic carbocycles. The van der Waals surface area contributed by atoms with E-state index in [2.05, 4.69) is 10.3 Å². The maximum atomic E-state index is 13.2. The predicted octanol–water partition coefficient (Wildman–Crippen LogP) is 1.78. The first-order valence-corrected chi connectivity index (χ1v) is 4.31. The molecular formula is C9H10F2N2. The van der Waals surface area contributed by atoms with Gasteiger partial charge in [-0.25, -0.2) is 8.78 Å². The van der Waals surface area contributed by atoms with E-state index in [1.807, 2.05) is 0 Å². The summed E-state index contributed by atoms with van der Waals surface area (Å²) >= 11 is 0.